The third-order valence-electron chi connectivity index (χ3n) is 4.85. The van der Waals surface area contributed by atoms with Gasteiger partial charge in [-0.05, 0) is 43.7 Å². The number of aryl methyl sites for hydroxylation is 1. The van der Waals surface area contributed by atoms with Crippen LogP contribution in [0.4, 0.5) is 4.39 Å². The van der Waals surface area contributed by atoms with Gasteiger partial charge in [0.25, 0.3) is 5.56 Å². The molecule has 1 amide bonds. The maximum absolute atomic E-state index is 13.3. The maximum Gasteiger partial charge on any atom is 0.352 e. The molecule has 0 bridgehead atoms. The fraction of sp³-hybridized carbons (Fsp3) is 0.182. The van der Waals surface area contributed by atoms with Gasteiger partial charge in [-0.2, -0.15) is 14.8 Å². The van der Waals surface area contributed by atoms with E-state index in [1.165, 1.54) is 12.1 Å². The van der Waals surface area contributed by atoms with Gasteiger partial charge >= 0.3 is 17.5 Å². The maximum atomic E-state index is 13.3. The second kappa shape index (κ2) is 8.99. The van der Waals surface area contributed by atoms with Crippen LogP contribution in [-0.2, 0) is 13.1 Å². The monoisotopic (exact) mass is 450 g/mol. The van der Waals surface area contributed by atoms with Gasteiger partial charge in [0.05, 0.1) is 5.69 Å². The average Bonchev–Trinajstić information content (AvgIpc) is 3.30. The predicted molar refractivity (Wildman–Crippen MR) is 115 cm³/mol. The Morgan fingerprint density at radius 2 is 1.79 bits per heavy atom. The first-order chi connectivity index (χ1) is 15.9. The molecule has 0 aliphatic carbocycles. The van der Waals surface area contributed by atoms with Gasteiger partial charge in [-0.1, -0.05) is 35.0 Å². The number of nitrogens with one attached hydrogen (secondary N) is 1. The fourth-order valence-corrected chi connectivity index (χ4v) is 3.06. The zero-order valence-electron chi connectivity index (χ0n) is 17.8. The summed E-state index contributed by atoms with van der Waals surface area (Å²) in [7, 11) is 0. The average molecular weight is 450 g/mol. The molecule has 168 valence electrons. The number of amides is 1. The van der Waals surface area contributed by atoms with Gasteiger partial charge in [0.15, 0.2) is 5.69 Å². The lowest BCUT2D eigenvalue weighted by Crippen LogP contribution is -2.41. The van der Waals surface area contributed by atoms with Crippen LogP contribution in [-0.4, -0.2) is 30.4 Å². The van der Waals surface area contributed by atoms with Gasteiger partial charge < -0.3 is 9.84 Å². The number of carbonyl (C=O) groups is 1. The molecule has 0 spiro atoms. The van der Waals surface area contributed by atoms with Gasteiger partial charge in [-0.15, -0.1) is 0 Å². The molecule has 0 radical (unpaired) electrons. The second-order valence-electron chi connectivity index (χ2n) is 7.16. The number of rotatable bonds is 6. The lowest BCUT2D eigenvalue weighted by atomic mass is 10.1. The zero-order valence-corrected chi connectivity index (χ0v) is 17.8. The van der Waals surface area contributed by atoms with E-state index in [0.29, 0.717) is 0 Å². The van der Waals surface area contributed by atoms with Gasteiger partial charge in [-0.25, -0.2) is 9.18 Å². The highest BCUT2D eigenvalue weighted by molar-refractivity contribution is 5.89. The van der Waals surface area contributed by atoms with E-state index >= 15 is 0 Å². The molecule has 0 saturated heterocycles. The Kier molecular flexibility index (Phi) is 5.94. The highest BCUT2D eigenvalue weighted by Gasteiger charge is 2.22. The third-order valence-corrected chi connectivity index (χ3v) is 4.85. The van der Waals surface area contributed by atoms with E-state index in [4.69, 9.17) is 4.52 Å². The summed E-state index contributed by atoms with van der Waals surface area (Å²) in [6.07, 6.45) is 0. The van der Waals surface area contributed by atoms with Crippen LogP contribution in [0, 0.1) is 12.7 Å². The van der Waals surface area contributed by atoms with Gasteiger partial charge in [0.1, 0.15) is 5.82 Å². The Balaban J connectivity index is 1.65. The summed E-state index contributed by atoms with van der Waals surface area (Å²) in [5.41, 5.74) is 0.476. The summed E-state index contributed by atoms with van der Waals surface area (Å²) >= 11 is 0. The van der Waals surface area contributed by atoms with Crippen molar-refractivity contribution in [3.05, 3.63) is 92.2 Å². The molecule has 0 unspecified atom stereocenters. The zero-order chi connectivity index (χ0) is 23.5. The Labute approximate surface area is 186 Å². The van der Waals surface area contributed by atoms with E-state index in [-0.39, 0.29) is 36.2 Å². The van der Waals surface area contributed by atoms with E-state index in [9.17, 15) is 18.8 Å². The Morgan fingerprint density at radius 3 is 2.45 bits per heavy atom. The molecule has 0 fully saturated rings. The Hall–Kier alpha value is -4.41. The smallest absolute Gasteiger partial charge is 0.344 e. The molecule has 2 aromatic carbocycles. The van der Waals surface area contributed by atoms with Crippen LogP contribution >= 0.6 is 0 Å². The van der Waals surface area contributed by atoms with Gasteiger partial charge in [0, 0.05) is 13.1 Å². The van der Waals surface area contributed by atoms with Crippen molar-refractivity contribution >= 4 is 5.91 Å². The SMILES string of the molecule is CCn1c(=O)c(-c2noc(C(=O)NCc3ccc(C)cc3)n2)nn(-c2ccc(F)cc2)c1=O. The van der Waals surface area contributed by atoms with E-state index in [1.54, 1.807) is 6.92 Å². The molecule has 0 aliphatic heterocycles. The number of aromatic nitrogens is 5. The number of carbonyl (C=O) groups excluding carboxylic acids is 1. The second-order valence-corrected chi connectivity index (χ2v) is 7.16. The number of benzene rings is 2. The molecule has 2 heterocycles. The Morgan fingerprint density at radius 1 is 1.09 bits per heavy atom. The summed E-state index contributed by atoms with van der Waals surface area (Å²) in [6.45, 7) is 3.87. The summed E-state index contributed by atoms with van der Waals surface area (Å²) in [5, 5.41) is 10.4. The minimum absolute atomic E-state index is 0.0517. The van der Waals surface area contributed by atoms with Crippen molar-refractivity contribution in [1.82, 2.24) is 29.8 Å². The van der Waals surface area contributed by atoms with Crippen LogP contribution in [0.15, 0.2) is 62.6 Å². The fourth-order valence-electron chi connectivity index (χ4n) is 3.06. The third kappa shape index (κ3) is 4.47. The lowest BCUT2D eigenvalue weighted by Gasteiger charge is -2.09. The highest BCUT2D eigenvalue weighted by atomic mass is 19.1. The minimum atomic E-state index is -0.742. The number of nitrogens with zero attached hydrogens (tertiary/aromatic N) is 5. The predicted octanol–water partition coefficient (Wildman–Crippen LogP) is 1.84. The number of halogens is 1. The molecular weight excluding hydrogens is 431 g/mol. The highest BCUT2D eigenvalue weighted by Crippen LogP contribution is 2.11. The van der Waals surface area contributed by atoms with Crippen molar-refractivity contribution in [1.29, 1.82) is 0 Å². The van der Waals surface area contributed by atoms with Crippen molar-refractivity contribution in [3.63, 3.8) is 0 Å². The minimum Gasteiger partial charge on any atom is -0.344 e. The van der Waals surface area contributed by atoms with Gasteiger partial charge in [-0.3, -0.25) is 14.2 Å². The van der Waals surface area contributed by atoms with Crippen LogP contribution in [0.1, 0.15) is 28.7 Å². The molecule has 0 aliphatic rings. The first-order valence-electron chi connectivity index (χ1n) is 10.1. The first kappa shape index (κ1) is 21.8. The molecular formula is C22H19FN6O4. The summed E-state index contributed by atoms with van der Waals surface area (Å²) < 4.78 is 20.2. The first-order valence-corrected chi connectivity index (χ1v) is 10.1. The summed E-state index contributed by atoms with van der Waals surface area (Å²) in [5.74, 6) is -1.73. The van der Waals surface area contributed by atoms with Crippen LogP contribution in [0.25, 0.3) is 17.2 Å². The number of hydrogen-bond acceptors (Lipinski definition) is 7. The number of hydrogen-bond donors (Lipinski definition) is 1. The van der Waals surface area contributed by atoms with E-state index in [1.807, 2.05) is 31.2 Å². The van der Waals surface area contributed by atoms with Crippen molar-refractivity contribution in [2.75, 3.05) is 0 Å². The normalized spacial score (nSPS) is 10.9. The van der Waals surface area contributed by atoms with Crippen molar-refractivity contribution in [2.45, 2.75) is 26.9 Å². The van der Waals surface area contributed by atoms with E-state index in [2.05, 4.69) is 20.6 Å². The van der Waals surface area contributed by atoms with Crippen molar-refractivity contribution in [3.8, 4) is 17.2 Å². The van der Waals surface area contributed by atoms with E-state index < -0.39 is 23.0 Å². The lowest BCUT2D eigenvalue weighted by molar-refractivity contribution is 0.0907. The summed E-state index contributed by atoms with van der Waals surface area (Å²) in [6, 6.07) is 12.6. The van der Waals surface area contributed by atoms with Crippen LogP contribution in [0.2, 0.25) is 0 Å². The Bertz CT molecular complexity index is 1420. The largest absolute Gasteiger partial charge is 0.352 e. The molecule has 33 heavy (non-hydrogen) atoms. The quantitative estimate of drug-likeness (QED) is 0.475. The van der Waals surface area contributed by atoms with E-state index in [0.717, 1.165) is 32.5 Å². The molecule has 2 aromatic heterocycles. The van der Waals surface area contributed by atoms with Gasteiger partial charge in [0.2, 0.25) is 5.82 Å². The molecule has 1 N–H and O–H groups in total. The molecule has 4 rings (SSSR count). The van der Waals surface area contributed by atoms with Crippen LogP contribution in [0.5, 0.6) is 0 Å². The summed E-state index contributed by atoms with van der Waals surface area (Å²) in [4.78, 5) is 41.9. The molecule has 0 saturated carbocycles. The molecule has 0 atom stereocenters. The van der Waals surface area contributed by atoms with Crippen molar-refractivity contribution < 1.29 is 13.7 Å². The standard InChI is InChI=1S/C22H19FN6O4/c1-3-28-21(31)17(26-29(22(28)32)16-10-8-15(23)9-11-16)18-25-20(33-27-18)19(30)24-12-14-6-4-13(2)5-7-14/h4-11H,3,12H2,1-2H3,(H,24,30). The van der Waals surface area contributed by atoms with Crippen molar-refractivity contribution in [2.24, 2.45) is 0 Å². The molecule has 4 aromatic rings. The molecule has 11 heteroatoms. The topological polar surface area (TPSA) is 125 Å². The molecule has 10 nitrogen and oxygen atoms in total. The van der Waals surface area contributed by atoms with Crippen LogP contribution < -0.4 is 16.6 Å². The van der Waals surface area contributed by atoms with Crippen LogP contribution in [0.3, 0.4) is 0 Å².